The minimum absolute atomic E-state index is 0.00265. The Hall–Kier alpha value is -2.58. The normalized spacial score (nSPS) is 14.3. The summed E-state index contributed by atoms with van der Waals surface area (Å²) >= 11 is 7.48. The van der Waals surface area contributed by atoms with E-state index in [1.165, 1.54) is 15.9 Å². The van der Waals surface area contributed by atoms with Crippen LogP contribution in [-0.2, 0) is 11.3 Å². The molecule has 9 heteroatoms. The van der Waals surface area contributed by atoms with Crippen molar-refractivity contribution >= 4 is 50.7 Å². The zero-order chi connectivity index (χ0) is 22.0. The lowest BCUT2D eigenvalue weighted by atomic mass is 10.2. The SMILES string of the molecule is CCN(CC)c1nc2ccsc2c(=O)n1CC(=O)N1CCN(c2cccc(Cl)c2)CC1. The highest BCUT2D eigenvalue weighted by atomic mass is 35.5. The quantitative estimate of drug-likeness (QED) is 0.566. The number of rotatable bonds is 6. The van der Waals surface area contributed by atoms with Gasteiger partial charge in [0.05, 0.1) is 5.52 Å². The van der Waals surface area contributed by atoms with Gasteiger partial charge in [-0.15, -0.1) is 11.3 Å². The molecular formula is C22H26ClN5O2S. The Bertz CT molecular complexity index is 1130. The van der Waals surface area contributed by atoms with E-state index in [9.17, 15) is 9.59 Å². The number of piperazine rings is 1. The number of anilines is 2. The molecule has 4 rings (SSSR count). The van der Waals surface area contributed by atoms with Crippen LogP contribution >= 0.6 is 22.9 Å². The topological polar surface area (TPSA) is 61.7 Å². The Kier molecular flexibility index (Phi) is 6.48. The molecule has 1 aliphatic heterocycles. The van der Waals surface area contributed by atoms with Gasteiger partial charge < -0.3 is 14.7 Å². The largest absolute Gasteiger partial charge is 0.368 e. The second kappa shape index (κ2) is 9.28. The summed E-state index contributed by atoms with van der Waals surface area (Å²) in [7, 11) is 0. The van der Waals surface area contributed by atoms with Crippen molar-refractivity contribution in [2.24, 2.45) is 0 Å². The summed E-state index contributed by atoms with van der Waals surface area (Å²) in [5, 5.41) is 2.57. The third kappa shape index (κ3) is 4.41. The molecule has 0 atom stereocenters. The molecule has 3 heterocycles. The monoisotopic (exact) mass is 459 g/mol. The Morgan fingerprint density at radius 1 is 1.16 bits per heavy atom. The maximum atomic E-state index is 13.1. The molecule has 31 heavy (non-hydrogen) atoms. The Balaban J connectivity index is 1.53. The number of amides is 1. The van der Waals surface area contributed by atoms with Crippen LogP contribution in [0, 0.1) is 0 Å². The third-order valence-corrected chi connectivity index (χ3v) is 6.82. The summed E-state index contributed by atoms with van der Waals surface area (Å²) in [6, 6.07) is 9.62. The molecule has 0 spiro atoms. The van der Waals surface area contributed by atoms with Gasteiger partial charge in [0.15, 0.2) is 0 Å². The lowest BCUT2D eigenvalue weighted by molar-refractivity contribution is -0.132. The van der Waals surface area contributed by atoms with E-state index >= 15 is 0 Å². The Morgan fingerprint density at radius 2 is 1.90 bits per heavy atom. The van der Waals surface area contributed by atoms with Gasteiger partial charge in [-0.1, -0.05) is 17.7 Å². The van der Waals surface area contributed by atoms with E-state index in [1.807, 2.05) is 59.4 Å². The first-order valence-electron chi connectivity index (χ1n) is 10.5. The summed E-state index contributed by atoms with van der Waals surface area (Å²) < 4.78 is 2.13. The number of carbonyl (C=O) groups excluding carboxylic acids is 1. The highest BCUT2D eigenvalue weighted by molar-refractivity contribution is 7.17. The average Bonchev–Trinajstić information content (AvgIpc) is 3.26. The average molecular weight is 460 g/mol. The number of fused-ring (bicyclic) bond motifs is 1. The fourth-order valence-corrected chi connectivity index (χ4v) is 4.91. The van der Waals surface area contributed by atoms with Crippen molar-refractivity contribution in [3.8, 4) is 0 Å². The van der Waals surface area contributed by atoms with E-state index in [0.29, 0.717) is 47.4 Å². The first-order valence-corrected chi connectivity index (χ1v) is 11.8. The second-order valence-electron chi connectivity index (χ2n) is 7.46. The number of halogens is 1. The molecule has 7 nitrogen and oxygen atoms in total. The molecule has 0 radical (unpaired) electrons. The molecular weight excluding hydrogens is 434 g/mol. The molecule has 1 aromatic carbocycles. The van der Waals surface area contributed by atoms with Crippen LogP contribution in [0.5, 0.6) is 0 Å². The van der Waals surface area contributed by atoms with Crippen LogP contribution < -0.4 is 15.4 Å². The van der Waals surface area contributed by atoms with Crippen LogP contribution in [0.2, 0.25) is 5.02 Å². The fraction of sp³-hybridized carbons (Fsp3) is 0.409. The van der Waals surface area contributed by atoms with Crippen molar-refractivity contribution in [1.82, 2.24) is 14.5 Å². The highest BCUT2D eigenvalue weighted by Gasteiger charge is 2.24. The zero-order valence-corrected chi connectivity index (χ0v) is 19.3. The number of carbonyl (C=O) groups is 1. The molecule has 1 fully saturated rings. The highest BCUT2D eigenvalue weighted by Crippen LogP contribution is 2.22. The maximum Gasteiger partial charge on any atom is 0.273 e. The van der Waals surface area contributed by atoms with Crippen molar-refractivity contribution < 1.29 is 4.79 Å². The molecule has 164 valence electrons. The molecule has 1 saturated heterocycles. The predicted octanol–water partition coefficient (Wildman–Crippen LogP) is 3.31. The van der Waals surface area contributed by atoms with Crippen LogP contribution in [0.3, 0.4) is 0 Å². The Morgan fingerprint density at radius 3 is 2.58 bits per heavy atom. The van der Waals surface area contributed by atoms with Gasteiger partial charge in [-0.25, -0.2) is 4.98 Å². The number of nitrogens with zero attached hydrogens (tertiary/aromatic N) is 5. The zero-order valence-electron chi connectivity index (χ0n) is 17.8. The summed E-state index contributed by atoms with van der Waals surface area (Å²) in [4.78, 5) is 37.1. The first-order chi connectivity index (χ1) is 15.0. The van der Waals surface area contributed by atoms with Gasteiger partial charge in [0, 0.05) is 50.0 Å². The van der Waals surface area contributed by atoms with Crippen molar-refractivity contribution in [3.63, 3.8) is 0 Å². The van der Waals surface area contributed by atoms with Gasteiger partial charge in [-0.3, -0.25) is 14.2 Å². The van der Waals surface area contributed by atoms with E-state index in [-0.39, 0.29) is 18.0 Å². The van der Waals surface area contributed by atoms with Crippen LogP contribution in [0.4, 0.5) is 11.6 Å². The Labute approximate surface area is 190 Å². The number of aromatic nitrogens is 2. The summed E-state index contributed by atoms with van der Waals surface area (Å²) in [5.74, 6) is 0.505. The summed E-state index contributed by atoms with van der Waals surface area (Å²) in [6.45, 7) is 8.14. The summed E-state index contributed by atoms with van der Waals surface area (Å²) in [6.07, 6.45) is 0. The van der Waals surface area contributed by atoms with Crippen molar-refractivity contribution in [1.29, 1.82) is 0 Å². The number of hydrogen-bond donors (Lipinski definition) is 0. The summed E-state index contributed by atoms with van der Waals surface area (Å²) in [5.41, 5.74) is 1.61. The molecule has 3 aromatic rings. The second-order valence-corrected chi connectivity index (χ2v) is 8.81. The van der Waals surface area contributed by atoms with Gasteiger partial charge >= 0.3 is 0 Å². The van der Waals surface area contributed by atoms with Gasteiger partial charge in [0.25, 0.3) is 5.56 Å². The van der Waals surface area contributed by atoms with E-state index in [0.717, 1.165) is 18.8 Å². The van der Waals surface area contributed by atoms with Crippen molar-refractivity contribution in [2.75, 3.05) is 49.1 Å². The first kappa shape index (κ1) is 21.6. The standard InChI is InChI=1S/C22H26ClN5O2S/c1-3-25(4-2)22-24-18-8-13-31-20(18)21(30)28(22)15-19(29)27-11-9-26(10-12-27)17-7-5-6-16(23)14-17/h5-8,13-14H,3-4,9-12,15H2,1-2H3. The lowest BCUT2D eigenvalue weighted by Crippen LogP contribution is -2.50. The number of benzene rings is 1. The van der Waals surface area contributed by atoms with Crippen LogP contribution in [0.1, 0.15) is 13.8 Å². The van der Waals surface area contributed by atoms with Crippen molar-refractivity contribution in [3.05, 3.63) is 51.1 Å². The predicted molar refractivity (Wildman–Crippen MR) is 128 cm³/mol. The minimum atomic E-state index is -0.146. The van der Waals surface area contributed by atoms with E-state index in [1.54, 1.807) is 0 Å². The van der Waals surface area contributed by atoms with Crippen LogP contribution in [-0.4, -0.2) is 59.6 Å². The molecule has 0 bridgehead atoms. The molecule has 1 amide bonds. The van der Waals surface area contributed by atoms with E-state index < -0.39 is 0 Å². The maximum absolute atomic E-state index is 13.1. The molecule has 0 aliphatic carbocycles. The van der Waals surface area contributed by atoms with E-state index in [4.69, 9.17) is 16.6 Å². The lowest BCUT2D eigenvalue weighted by Gasteiger charge is -2.36. The molecule has 0 unspecified atom stereocenters. The smallest absolute Gasteiger partial charge is 0.273 e. The van der Waals surface area contributed by atoms with Crippen molar-refractivity contribution in [2.45, 2.75) is 20.4 Å². The van der Waals surface area contributed by atoms with Gasteiger partial charge in [0.2, 0.25) is 11.9 Å². The van der Waals surface area contributed by atoms with Gasteiger partial charge in [0.1, 0.15) is 11.2 Å². The van der Waals surface area contributed by atoms with Crippen LogP contribution in [0.25, 0.3) is 10.2 Å². The van der Waals surface area contributed by atoms with Gasteiger partial charge in [-0.05, 0) is 43.5 Å². The molecule has 0 saturated carbocycles. The van der Waals surface area contributed by atoms with E-state index in [2.05, 4.69) is 4.90 Å². The molecule has 1 aliphatic rings. The minimum Gasteiger partial charge on any atom is -0.368 e. The third-order valence-electron chi connectivity index (χ3n) is 5.69. The van der Waals surface area contributed by atoms with Crippen LogP contribution in [0.15, 0.2) is 40.5 Å². The number of thiophene rings is 1. The fourth-order valence-electron chi connectivity index (χ4n) is 3.94. The number of hydrogen-bond acceptors (Lipinski definition) is 6. The molecule has 2 aromatic heterocycles. The molecule has 0 N–H and O–H groups in total. The van der Waals surface area contributed by atoms with Gasteiger partial charge in [-0.2, -0.15) is 0 Å².